The van der Waals surface area contributed by atoms with E-state index in [9.17, 15) is 22.8 Å². The van der Waals surface area contributed by atoms with Crippen LogP contribution in [-0.4, -0.2) is 30.6 Å². The molecule has 1 aliphatic heterocycles. The molecule has 0 aliphatic carbocycles. The lowest BCUT2D eigenvalue weighted by Crippen LogP contribution is -2.46. The number of halogens is 3. The summed E-state index contributed by atoms with van der Waals surface area (Å²) >= 11 is 0. The Balaban J connectivity index is 1.93. The van der Waals surface area contributed by atoms with Crippen molar-refractivity contribution < 1.29 is 22.8 Å². The number of nitrogens with one attached hydrogen (secondary N) is 3. The quantitative estimate of drug-likeness (QED) is 0.798. The molecule has 0 aromatic heterocycles. The van der Waals surface area contributed by atoms with E-state index in [1.165, 1.54) is 0 Å². The highest BCUT2D eigenvalue weighted by Crippen LogP contribution is 2.23. The molecule has 0 radical (unpaired) electrons. The number of hydrogen-bond acceptors (Lipinski definition) is 3. The molecule has 1 aromatic carbocycles. The van der Waals surface area contributed by atoms with Crippen molar-refractivity contribution in [2.75, 3.05) is 17.2 Å². The number of alkyl halides is 3. The van der Waals surface area contributed by atoms with Crippen LogP contribution in [0.5, 0.6) is 0 Å². The molecule has 1 unspecified atom stereocenters. The number of para-hydroxylation sites is 2. The van der Waals surface area contributed by atoms with Gasteiger partial charge in [-0.15, -0.1) is 0 Å². The summed E-state index contributed by atoms with van der Waals surface area (Å²) in [5.74, 6) is -1.27. The summed E-state index contributed by atoms with van der Waals surface area (Å²) in [4.78, 5) is 23.4. The summed E-state index contributed by atoms with van der Waals surface area (Å²) < 4.78 is 36.1. The van der Waals surface area contributed by atoms with Gasteiger partial charge in [0.15, 0.2) is 0 Å². The molecule has 1 heterocycles. The summed E-state index contributed by atoms with van der Waals surface area (Å²) in [7, 11) is 0. The first-order valence-electron chi connectivity index (χ1n) is 6.35. The van der Waals surface area contributed by atoms with Crippen LogP contribution in [0.1, 0.15) is 12.8 Å². The first-order chi connectivity index (χ1) is 9.85. The Morgan fingerprint density at radius 3 is 2.62 bits per heavy atom. The van der Waals surface area contributed by atoms with E-state index in [0.717, 1.165) is 0 Å². The summed E-state index contributed by atoms with van der Waals surface area (Å²) in [5.41, 5.74) is 1.26. The average molecular weight is 301 g/mol. The first-order valence-corrected chi connectivity index (χ1v) is 6.35. The minimum absolute atomic E-state index is 0.112. The molecular formula is C13H14F3N3O2. The molecule has 0 spiro atoms. The van der Waals surface area contributed by atoms with Crippen molar-refractivity contribution in [2.24, 2.45) is 0 Å². The lowest BCUT2D eigenvalue weighted by atomic mass is 10.2. The van der Waals surface area contributed by atoms with Crippen LogP contribution in [0.4, 0.5) is 24.5 Å². The standard InChI is InChI=1S/C13H14F3N3O2/c14-13(15,16)6-5-11(20)18-10-7-17-8-3-1-2-4-9(8)19-12(10)21/h1-4,10,17H,5-7H2,(H,18,20)(H,19,21). The molecular weight excluding hydrogens is 287 g/mol. The molecule has 5 nitrogen and oxygen atoms in total. The van der Waals surface area contributed by atoms with Crippen LogP contribution in [0.3, 0.4) is 0 Å². The Kier molecular flexibility index (Phi) is 4.35. The molecule has 1 aliphatic rings. The Hall–Kier alpha value is -2.25. The van der Waals surface area contributed by atoms with Crippen LogP contribution >= 0.6 is 0 Å². The number of amides is 2. The van der Waals surface area contributed by atoms with Gasteiger partial charge in [-0.1, -0.05) is 12.1 Å². The maximum absolute atomic E-state index is 12.0. The fourth-order valence-corrected chi connectivity index (χ4v) is 1.91. The Morgan fingerprint density at radius 2 is 1.95 bits per heavy atom. The van der Waals surface area contributed by atoms with Crippen molar-refractivity contribution in [1.82, 2.24) is 5.32 Å². The van der Waals surface area contributed by atoms with E-state index in [-0.39, 0.29) is 6.54 Å². The number of carbonyl (C=O) groups is 2. The predicted molar refractivity (Wildman–Crippen MR) is 70.8 cm³/mol. The van der Waals surface area contributed by atoms with E-state index in [1.807, 2.05) is 0 Å². The third-order valence-electron chi connectivity index (χ3n) is 2.97. The largest absolute Gasteiger partial charge is 0.389 e. The van der Waals surface area contributed by atoms with Crippen LogP contribution < -0.4 is 16.0 Å². The lowest BCUT2D eigenvalue weighted by Gasteiger charge is -2.15. The third-order valence-corrected chi connectivity index (χ3v) is 2.97. The number of hydrogen-bond donors (Lipinski definition) is 3. The van der Waals surface area contributed by atoms with Gasteiger partial charge >= 0.3 is 6.18 Å². The number of fused-ring (bicyclic) bond motifs is 1. The second-order valence-electron chi connectivity index (χ2n) is 4.65. The number of carbonyl (C=O) groups excluding carboxylic acids is 2. The highest BCUT2D eigenvalue weighted by molar-refractivity contribution is 6.01. The summed E-state index contributed by atoms with van der Waals surface area (Å²) in [6.45, 7) is 0.112. The number of benzene rings is 1. The Labute approximate surface area is 118 Å². The van der Waals surface area contributed by atoms with Crippen LogP contribution in [0.2, 0.25) is 0 Å². The van der Waals surface area contributed by atoms with Gasteiger partial charge in [0.1, 0.15) is 6.04 Å². The molecule has 0 saturated heterocycles. The number of rotatable bonds is 3. The Morgan fingerprint density at radius 1 is 1.29 bits per heavy atom. The van der Waals surface area contributed by atoms with Crippen molar-refractivity contribution in [3.8, 4) is 0 Å². The minimum atomic E-state index is -4.39. The fourth-order valence-electron chi connectivity index (χ4n) is 1.91. The minimum Gasteiger partial charge on any atom is -0.381 e. The lowest BCUT2D eigenvalue weighted by molar-refractivity contribution is -0.144. The molecule has 2 rings (SSSR count). The summed E-state index contributed by atoms with van der Waals surface area (Å²) in [6, 6.07) is 6.04. The van der Waals surface area contributed by atoms with E-state index in [2.05, 4.69) is 16.0 Å². The molecule has 1 aromatic rings. The van der Waals surface area contributed by atoms with Crippen LogP contribution in [-0.2, 0) is 9.59 Å². The maximum atomic E-state index is 12.0. The molecule has 3 N–H and O–H groups in total. The van der Waals surface area contributed by atoms with E-state index in [0.29, 0.717) is 11.4 Å². The third kappa shape index (κ3) is 4.37. The maximum Gasteiger partial charge on any atom is 0.389 e. The average Bonchev–Trinajstić information content (AvgIpc) is 2.56. The van der Waals surface area contributed by atoms with E-state index < -0.39 is 36.9 Å². The monoisotopic (exact) mass is 301 g/mol. The van der Waals surface area contributed by atoms with Crippen molar-refractivity contribution in [3.05, 3.63) is 24.3 Å². The van der Waals surface area contributed by atoms with Gasteiger partial charge in [-0.05, 0) is 12.1 Å². The summed E-state index contributed by atoms with van der Waals surface area (Å²) in [6.07, 6.45) is -6.29. The molecule has 114 valence electrons. The van der Waals surface area contributed by atoms with E-state index in [1.54, 1.807) is 24.3 Å². The van der Waals surface area contributed by atoms with Crippen LogP contribution in [0, 0.1) is 0 Å². The fraction of sp³-hybridized carbons (Fsp3) is 0.385. The first kappa shape index (κ1) is 15.1. The zero-order valence-electron chi connectivity index (χ0n) is 11.0. The Bertz CT molecular complexity index is 546. The van der Waals surface area contributed by atoms with Crippen molar-refractivity contribution in [2.45, 2.75) is 25.1 Å². The van der Waals surface area contributed by atoms with E-state index >= 15 is 0 Å². The molecule has 8 heteroatoms. The summed E-state index contributed by atoms with van der Waals surface area (Å²) in [5, 5.41) is 7.88. The highest BCUT2D eigenvalue weighted by atomic mass is 19.4. The molecule has 0 saturated carbocycles. The topological polar surface area (TPSA) is 70.2 Å². The second kappa shape index (κ2) is 6.02. The zero-order chi connectivity index (χ0) is 15.5. The van der Waals surface area contributed by atoms with Gasteiger partial charge in [-0.3, -0.25) is 9.59 Å². The van der Waals surface area contributed by atoms with Crippen LogP contribution in [0.15, 0.2) is 24.3 Å². The van der Waals surface area contributed by atoms with E-state index in [4.69, 9.17) is 0 Å². The highest BCUT2D eigenvalue weighted by Gasteiger charge is 2.30. The zero-order valence-corrected chi connectivity index (χ0v) is 11.0. The van der Waals surface area contributed by atoms with Gasteiger partial charge in [-0.25, -0.2) is 0 Å². The molecule has 0 fully saturated rings. The smallest absolute Gasteiger partial charge is 0.381 e. The SMILES string of the molecule is O=C(CCC(F)(F)F)NC1CNc2ccccc2NC1=O. The number of anilines is 2. The van der Waals surface area contributed by atoms with Gasteiger partial charge in [0.2, 0.25) is 11.8 Å². The second-order valence-corrected chi connectivity index (χ2v) is 4.65. The van der Waals surface area contributed by atoms with Crippen molar-refractivity contribution in [3.63, 3.8) is 0 Å². The predicted octanol–water partition coefficient (Wildman–Crippen LogP) is 1.88. The normalized spacial score (nSPS) is 18.0. The molecule has 2 amide bonds. The van der Waals surface area contributed by atoms with Gasteiger partial charge in [0.25, 0.3) is 0 Å². The molecule has 0 bridgehead atoms. The van der Waals surface area contributed by atoms with Gasteiger partial charge < -0.3 is 16.0 Å². The molecule has 1 atom stereocenters. The van der Waals surface area contributed by atoms with Gasteiger partial charge in [-0.2, -0.15) is 13.2 Å². The van der Waals surface area contributed by atoms with Crippen molar-refractivity contribution >= 4 is 23.2 Å². The van der Waals surface area contributed by atoms with Gasteiger partial charge in [0, 0.05) is 13.0 Å². The molecule has 21 heavy (non-hydrogen) atoms. The van der Waals surface area contributed by atoms with Gasteiger partial charge in [0.05, 0.1) is 17.8 Å². The van der Waals surface area contributed by atoms with Crippen LogP contribution in [0.25, 0.3) is 0 Å². The van der Waals surface area contributed by atoms with Crippen molar-refractivity contribution in [1.29, 1.82) is 0 Å².